The number of rotatable bonds is 2. The van der Waals surface area contributed by atoms with Crippen molar-refractivity contribution in [1.82, 2.24) is 5.32 Å². The zero-order valence-electron chi connectivity index (χ0n) is 9.76. The van der Waals surface area contributed by atoms with E-state index in [1.165, 1.54) is 11.8 Å². The Bertz CT molecular complexity index is 470. The van der Waals surface area contributed by atoms with Crippen LogP contribution in [-0.4, -0.2) is 34.0 Å². The molecule has 1 aromatic carbocycles. The minimum absolute atomic E-state index is 0.308. The van der Waals surface area contributed by atoms with E-state index in [4.69, 9.17) is 16.7 Å². The number of nitrogens with one attached hydrogen (secondary N) is 1. The maximum Gasteiger partial charge on any atom is 0.321 e. The van der Waals surface area contributed by atoms with E-state index < -0.39 is 16.9 Å². The molecule has 18 heavy (non-hydrogen) atoms. The summed E-state index contributed by atoms with van der Waals surface area (Å²) in [4.78, 5) is 9.77. The van der Waals surface area contributed by atoms with Crippen LogP contribution in [0.15, 0.2) is 24.3 Å². The first-order valence-corrected chi connectivity index (χ1v) is 6.91. The Morgan fingerprint density at radius 2 is 2.33 bits per heavy atom. The van der Waals surface area contributed by atoms with Gasteiger partial charge < -0.3 is 10.2 Å². The topological polar surface area (TPSA) is 69.6 Å². The molecule has 0 saturated carbocycles. The molecule has 0 spiro atoms. The summed E-state index contributed by atoms with van der Waals surface area (Å²) >= 11 is 7.14. The van der Waals surface area contributed by atoms with Crippen LogP contribution in [0.4, 0.5) is 0 Å². The van der Waals surface area contributed by atoms with Crippen LogP contribution in [0.25, 0.3) is 0 Å². The van der Waals surface area contributed by atoms with Gasteiger partial charge in [0.1, 0.15) is 6.04 Å². The summed E-state index contributed by atoms with van der Waals surface area (Å²) in [7, 11) is 0. The third-order valence-corrected chi connectivity index (χ3v) is 4.81. The van der Waals surface area contributed by atoms with Crippen molar-refractivity contribution in [3.05, 3.63) is 34.9 Å². The molecule has 1 aromatic rings. The second-order valence-electron chi connectivity index (χ2n) is 4.30. The second-order valence-corrected chi connectivity index (χ2v) is 5.98. The monoisotopic (exact) mass is 287 g/mol. The molecule has 1 saturated heterocycles. The van der Waals surface area contributed by atoms with E-state index in [1.807, 2.05) is 0 Å². The van der Waals surface area contributed by atoms with E-state index in [2.05, 4.69) is 5.32 Å². The molecule has 0 bridgehead atoms. The van der Waals surface area contributed by atoms with Gasteiger partial charge in [-0.3, -0.25) is 10.1 Å². The van der Waals surface area contributed by atoms with Gasteiger partial charge in [0.25, 0.3) is 0 Å². The third-order valence-electron chi connectivity index (χ3n) is 3.04. The lowest BCUT2D eigenvalue weighted by Crippen LogP contribution is -2.56. The minimum atomic E-state index is -1.16. The maximum absolute atomic E-state index is 10.9. The molecule has 1 heterocycles. The Morgan fingerprint density at radius 3 is 2.89 bits per heavy atom. The maximum atomic E-state index is 10.9. The normalized spacial score (nSPS) is 32.2. The summed E-state index contributed by atoms with van der Waals surface area (Å²) in [5.74, 6) is -0.592. The third kappa shape index (κ3) is 2.49. The first kappa shape index (κ1) is 13.7. The highest BCUT2D eigenvalue weighted by Gasteiger charge is 2.43. The van der Waals surface area contributed by atoms with Gasteiger partial charge >= 0.3 is 5.97 Å². The van der Waals surface area contributed by atoms with Gasteiger partial charge in [-0.25, -0.2) is 0 Å². The van der Waals surface area contributed by atoms with Crippen molar-refractivity contribution in [2.45, 2.75) is 23.9 Å². The van der Waals surface area contributed by atoms with Crippen molar-refractivity contribution in [2.75, 3.05) is 5.75 Å². The summed E-state index contributed by atoms with van der Waals surface area (Å²) in [5.41, 5.74) is 0.684. The summed E-state index contributed by atoms with van der Waals surface area (Å²) in [6.45, 7) is 1.77. The summed E-state index contributed by atoms with van der Waals surface area (Å²) in [6, 6.07) is 5.98. The van der Waals surface area contributed by atoms with Crippen molar-refractivity contribution in [2.24, 2.45) is 0 Å². The van der Waals surface area contributed by atoms with Gasteiger partial charge in [0.05, 0.1) is 0 Å². The highest BCUT2D eigenvalue weighted by molar-refractivity contribution is 8.00. The molecule has 0 radical (unpaired) electrons. The predicted molar refractivity (Wildman–Crippen MR) is 71.8 cm³/mol. The SMILES string of the molecule is C[C@H]1N[C@H](C(=O)O)CS[C@@]1(O)c1cccc(Cl)c1. The largest absolute Gasteiger partial charge is 0.480 e. The summed E-state index contributed by atoms with van der Waals surface area (Å²) < 4.78 is 0. The van der Waals surface area contributed by atoms with E-state index in [0.717, 1.165) is 0 Å². The number of carbonyl (C=O) groups is 1. The zero-order chi connectivity index (χ0) is 13.3. The standard InChI is InChI=1S/C12H14ClNO3S/c1-7-12(17,8-3-2-4-9(13)5-8)18-6-10(14-7)11(15)16/h2-5,7,10,14,17H,6H2,1H3,(H,15,16)/t7-,10+,12-/m1/s1. The Labute approximate surface area is 114 Å². The van der Waals surface area contributed by atoms with Crippen LogP contribution in [-0.2, 0) is 9.73 Å². The minimum Gasteiger partial charge on any atom is -0.480 e. The van der Waals surface area contributed by atoms with E-state index in [1.54, 1.807) is 31.2 Å². The highest BCUT2D eigenvalue weighted by atomic mass is 35.5. The number of hydrogen-bond donors (Lipinski definition) is 3. The molecule has 3 atom stereocenters. The molecule has 0 amide bonds. The van der Waals surface area contributed by atoms with Crippen LogP contribution in [0.1, 0.15) is 12.5 Å². The van der Waals surface area contributed by atoms with Crippen LogP contribution >= 0.6 is 23.4 Å². The Kier molecular flexibility index (Phi) is 3.87. The fraction of sp³-hybridized carbons (Fsp3) is 0.417. The van der Waals surface area contributed by atoms with Crippen LogP contribution < -0.4 is 5.32 Å². The smallest absolute Gasteiger partial charge is 0.321 e. The molecular formula is C12H14ClNO3S. The van der Waals surface area contributed by atoms with Gasteiger partial charge in [-0.05, 0) is 24.6 Å². The molecule has 1 fully saturated rings. The van der Waals surface area contributed by atoms with Crippen LogP contribution in [0.2, 0.25) is 5.02 Å². The van der Waals surface area contributed by atoms with Crippen molar-refractivity contribution in [3.63, 3.8) is 0 Å². The van der Waals surface area contributed by atoms with Gasteiger partial charge in [-0.1, -0.05) is 23.7 Å². The molecule has 3 N–H and O–H groups in total. The molecular weight excluding hydrogens is 274 g/mol. The fourth-order valence-corrected chi connectivity index (χ4v) is 3.45. The highest BCUT2D eigenvalue weighted by Crippen LogP contribution is 2.41. The predicted octanol–water partition coefficient (Wildman–Crippen LogP) is 1.66. The molecule has 4 nitrogen and oxygen atoms in total. The van der Waals surface area contributed by atoms with E-state index in [9.17, 15) is 9.90 Å². The number of benzene rings is 1. The molecule has 0 unspecified atom stereocenters. The van der Waals surface area contributed by atoms with Crippen LogP contribution in [0.5, 0.6) is 0 Å². The van der Waals surface area contributed by atoms with E-state index in [-0.39, 0.29) is 6.04 Å². The number of halogens is 1. The second kappa shape index (κ2) is 5.09. The first-order valence-electron chi connectivity index (χ1n) is 5.54. The lowest BCUT2D eigenvalue weighted by atomic mass is 10.0. The van der Waals surface area contributed by atoms with Crippen LogP contribution in [0.3, 0.4) is 0 Å². The van der Waals surface area contributed by atoms with Gasteiger partial charge in [-0.15, -0.1) is 11.8 Å². The molecule has 1 aliphatic heterocycles. The van der Waals surface area contributed by atoms with Gasteiger partial charge in [0.2, 0.25) is 0 Å². The fourth-order valence-electron chi connectivity index (χ4n) is 1.99. The zero-order valence-corrected chi connectivity index (χ0v) is 11.3. The summed E-state index contributed by atoms with van der Waals surface area (Å²) in [5, 5.41) is 23.1. The number of carboxylic acids is 1. The van der Waals surface area contributed by atoms with Crippen molar-refractivity contribution >= 4 is 29.3 Å². The van der Waals surface area contributed by atoms with Gasteiger partial charge in [0, 0.05) is 16.8 Å². The quantitative estimate of drug-likeness (QED) is 0.772. The van der Waals surface area contributed by atoms with E-state index in [0.29, 0.717) is 16.3 Å². The lowest BCUT2D eigenvalue weighted by Gasteiger charge is -2.40. The van der Waals surface area contributed by atoms with E-state index >= 15 is 0 Å². The number of thioether (sulfide) groups is 1. The number of aliphatic carboxylic acids is 1. The van der Waals surface area contributed by atoms with Crippen molar-refractivity contribution in [1.29, 1.82) is 0 Å². The lowest BCUT2D eigenvalue weighted by molar-refractivity contribution is -0.139. The van der Waals surface area contributed by atoms with Gasteiger partial charge in [-0.2, -0.15) is 0 Å². The molecule has 2 rings (SSSR count). The Hall–Kier alpha value is -0.750. The summed E-state index contributed by atoms with van der Waals surface area (Å²) in [6.07, 6.45) is 0. The molecule has 1 aliphatic rings. The average Bonchev–Trinajstić information content (AvgIpc) is 2.32. The van der Waals surface area contributed by atoms with Gasteiger partial charge in [0.15, 0.2) is 4.93 Å². The van der Waals surface area contributed by atoms with Crippen molar-refractivity contribution in [3.8, 4) is 0 Å². The van der Waals surface area contributed by atoms with Crippen molar-refractivity contribution < 1.29 is 15.0 Å². The van der Waals surface area contributed by atoms with Crippen LogP contribution in [0, 0.1) is 0 Å². The molecule has 6 heteroatoms. The molecule has 0 aromatic heterocycles. The molecule has 0 aliphatic carbocycles. The molecule has 98 valence electrons. The number of aliphatic hydroxyl groups is 1. The number of carboxylic acid groups (broad SMARTS) is 1. The first-order chi connectivity index (χ1) is 8.43. The Morgan fingerprint density at radius 1 is 1.61 bits per heavy atom. The average molecular weight is 288 g/mol. The number of hydrogen-bond acceptors (Lipinski definition) is 4. The Balaban J connectivity index is 2.25.